The van der Waals surface area contributed by atoms with Gasteiger partial charge in [0.2, 0.25) is 0 Å². The molecule has 5 aromatic rings. The number of phosphoric ester groups is 1. The van der Waals surface area contributed by atoms with E-state index in [0.29, 0.717) is 34.5 Å². The van der Waals surface area contributed by atoms with Crippen molar-refractivity contribution < 1.29 is 69.4 Å². The molecule has 3 aliphatic heterocycles. The third-order valence-corrected chi connectivity index (χ3v) is 16.6. The van der Waals surface area contributed by atoms with Crippen molar-refractivity contribution in [2.45, 2.75) is 113 Å². The number of anilines is 1. The van der Waals surface area contributed by atoms with E-state index in [9.17, 15) is 33.2 Å². The second-order valence-corrected chi connectivity index (χ2v) is 22.5. The largest absolute Gasteiger partial charge is 0.472 e. The van der Waals surface area contributed by atoms with Crippen molar-refractivity contribution in [2.75, 3.05) is 25.5 Å². The van der Waals surface area contributed by atoms with Gasteiger partial charge in [0, 0.05) is 35.9 Å². The lowest BCUT2D eigenvalue weighted by molar-refractivity contribution is -0.134. The number of benzene rings is 2. The van der Waals surface area contributed by atoms with Gasteiger partial charge in [0.25, 0.3) is 5.56 Å². The molecule has 4 N–H and O–H groups in total. The van der Waals surface area contributed by atoms with Gasteiger partial charge in [0.15, 0.2) is 36.3 Å². The number of nitrogen functional groups attached to an aromatic ring is 1. The molecule has 3 aromatic heterocycles. The number of rotatable bonds is 19. The molecule has 3 saturated heterocycles. The van der Waals surface area contributed by atoms with Crippen molar-refractivity contribution in [1.29, 1.82) is 0 Å². The second-order valence-electron chi connectivity index (χ2n) is 17.1. The minimum absolute atomic E-state index is 0.0275. The van der Waals surface area contributed by atoms with Crippen molar-refractivity contribution in [2.24, 2.45) is 5.11 Å². The third-order valence-electron chi connectivity index (χ3n) is 11.9. The minimum Gasteiger partial charge on any atom is -0.427 e. The lowest BCUT2D eigenvalue weighted by Crippen LogP contribution is -2.38. The van der Waals surface area contributed by atoms with Crippen LogP contribution in [-0.4, -0.2) is 102 Å². The number of nitrogens with zero attached hydrogens (tertiary/aromatic N) is 8. The number of nitrogens with two attached hydrogens (primary N) is 1. The molecular formula is C44H50F2N10O15P2S. The number of esters is 2. The van der Waals surface area contributed by atoms with E-state index in [0.717, 1.165) is 74.4 Å². The number of fused-ring (bicyclic) bond motifs is 3. The summed E-state index contributed by atoms with van der Waals surface area (Å²) in [6.45, 7) is -5.98. The van der Waals surface area contributed by atoms with Crippen molar-refractivity contribution in [1.82, 2.24) is 29.1 Å². The van der Waals surface area contributed by atoms with Crippen LogP contribution in [0.1, 0.15) is 86.2 Å². The lowest BCUT2D eigenvalue weighted by atomic mass is 10.1. The number of phosphoric acid groups is 1. The molecule has 0 bridgehead atoms. The molecule has 6 heterocycles. The van der Waals surface area contributed by atoms with Crippen LogP contribution in [0.4, 0.5) is 14.6 Å². The Balaban J connectivity index is 0.907. The Labute approximate surface area is 422 Å². The fourth-order valence-corrected chi connectivity index (χ4v) is 12.5. The summed E-state index contributed by atoms with van der Waals surface area (Å²) in [6, 6.07) is 12.8. The molecule has 2 aromatic carbocycles. The fraction of sp³-hybridized carbons (Fsp3) is 0.477. The van der Waals surface area contributed by atoms with E-state index < -0.39 is 100 Å². The van der Waals surface area contributed by atoms with E-state index in [1.54, 1.807) is 0 Å². The second kappa shape index (κ2) is 24.6. The number of hydrogen-bond acceptors (Lipinski definition) is 20. The van der Waals surface area contributed by atoms with Crippen molar-refractivity contribution in [3.05, 3.63) is 116 Å². The van der Waals surface area contributed by atoms with Crippen LogP contribution in [-0.2, 0) is 47.2 Å². The predicted octanol–water partition coefficient (Wildman–Crippen LogP) is 7.33. The van der Waals surface area contributed by atoms with Crippen LogP contribution >= 0.6 is 26.0 Å². The van der Waals surface area contributed by atoms with E-state index >= 15 is 8.78 Å². The SMILES string of the molecule is [N-]=[N+]=NCCCCCCCCCCC(=O)Oc1ccc(C(=O)Oc2ccc(CSP3(=O)OC[C@H]4O[C@@H](n5cnc6c(N)ncnc65)[C@H](F)[C@@H]4OP(=O)(O)OC[C@H]4O[C@@H](n5ccc(=O)[nH]c5=O)[C@H](F)[C@@H]4O3)cc2)cc1. The van der Waals surface area contributed by atoms with Gasteiger partial charge in [-0.05, 0) is 71.7 Å². The number of ether oxygens (including phenoxy) is 4. The van der Waals surface area contributed by atoms with Crippen molar-refractivity contribution >= 4 is 54.9 Å². The molecule has 3 fully saturated rings. The number of hydrogen-bond donors (Lipinski definition) is 3. The monoisotopic (exact) mass is 1090 g/mol. The smallest absolute Gasteiger partial charge is 0.427 e. The zero-order valence-electron chi connectivity index (χ0n) is 39.1. The molecule has 0 radical (unpaired) electrons. The highest BCUT2D eigenvalue weighted by Gasteiger charge is 2.55. The van der Waals surface area contributed by atoms with Crippen molar-refractivity contribution in [3.63, 3.8) is 0 Å². The molecule has 74 heavy (non-hydrogen) atoms. The molecule has 25 nitrogen and oxygen atoms in total. The number of azide groups is 1. The highest BCUT2D eigenvalue weighted by molar-refractivity contribution is 8.54. The Bertz CT molecular complexity index is 3040. The number of halogens is 2. The zero-order valence-corrected chi connectivity index (χ0v) is 41.7. The molecule has 0 amide bonds. The third kappa shape index (κ3) is 13.7. The molecule has 10 atom stereocenters. The number of alkyl halides is 2. The molecule has 30 heteroatoms. The molecule has 396 valence electrons. The van der Waals surface area contributed by atoms with E-state index in [1.807, 2.05) is 4.98 Å². The summed E-state index contributed by atoms with van der Waals surface area (Å²) in [5.41, 5.74) is 13.1. The van der Waals surface area contributed by atoms with Crippen LogP contribution in [0.15, 0.2) is 88.2 Å². The van der Waals surface area contributed by atoms with Gasteiger partial charge in [-0.15, -0.1) is 0 Å². The minimum atomic E-state index is -5.26. The molecule has 2 unspecified atom stereocenters. The fourth-order valence-electron chi connectivity index (χ4n) is 8.18. The summed E-state index contributed by atoms with van der Waals surface area (Å²) in [7, 11) is -5.26. The normalized spacial score (nSPS) is 27.0. The first-order valence-electron chi connectivity index (χ1n) is 23.3. The Morgan fingerprint density at radius 1 is 0.838 bits per heavy atom. The van der Waals surface area contributed by atoms with Crippen LogP contribution in [0.5, 0.6) is 11.5 Å². The molecule has 0 saturated carbocycles. The number of carbonyl (C=O) groups is 2. The first-order chi connectivity index (χ1) is 35.6. The van der Waals surface area contributed by atoms with Crippen LogP contribution in [0.3, 0.4) is 0 Å². The summed E-state index contributed by atoms with van der Waals surface area (Å²) in [5.74, 6) is -0.901. The van der Waals surface area contributed by atoms with Gasteiger partial charge in [0.05, 0.1) is 25.1 Å². The number of aromatic amines is 1. The predicted molar refractivity (Wildman–Crippen MR) is 258 cm³/mol. The summed E-state index contributed by atoms with van der Waals surface area (Å²) >= 11 is 0.564. The lowest BCUT2D eigenvalue weighted by Gasteiger charge is -2.29. The van der Waals surface area contributed by atoms with E-state index in [2.05, 4.69) is 25.0 Å². The van der Waals surface area contributed by atoms with E-state index in [4.69, 9.17) is 48.3 Å². The summed E-state index contributed by atoms with van der Waals surface area (Å²) in [4.78, 5) is 77.6. The molecular weight excluding hydrogens is 1040 g/mol. The summed E-state index contributed by atoms with van der Waals surface area (Å²) in [5, 5.41) is 3.53. The zero-order chi connectivity index (χ0) is 52.4. The first kappa shape index (κ1) is 54.4. The van der Waals surface area contributed by atoms with E-state index in [-0.39, 0.29) is 46.2 Å². The summed E-state index contributed by atoms with van der Waals surface area (Å²) in [6.07, 6.45) is -4.07. The summed E-state index contributed by atoms with van der Waals surface area (Å²) < 4.78 is 108. The molecule has 8 rings (SSSR count). The standard InChI is InChI=1S/C44H50F2N10O15P2S/c45-34-37-31(69-42(34)56-25-51-36-39(47)49-24-50-40(36)56)22-65-73(63,71-38-30(21-64-72(61,62)70-37)68-41(35(38)46)55-20-18-32(57)53-44(55)60)74-23-26-10-14-29(15-11-26)67-43(59)27-12-16-28(17-13-27)66-33(58)9-7-5-3-1-2-4-6-8-19-52-54-48/h10-18,20,24-25,30-31,34-35,37-38,41-42H,1-9,19,21-23H2,(H,61,62)(H2,47,49,50)(H,53,57,60)/t30-,31-,34-,35-,37-,38-,41-,42-,73?/m1/s1. The molecule has 3 aliphatic rings. The van der Waals surface area contributed by atoms with Gasteiger partial charge in [-0.2, -0.15) is 0 Å². The number of unbranched alkanes of at least 4 members (excludes halogenated alkanes) is 7. The Kier molecular flexibility index (Phi) is 18.1. The van der Waals surface area contributed by atoms with Gasteiger partial charge in [-0.1, -0.05) is 55.8 Å². The van der Waals surface area contributed by atoms with Crippen LogP contribution in [0.25, 0.3) is 21.6 Å². The van der Waals surface area contributed by atoms with Crippen LogP contribution in [0, 0.1) is 0 Å². The van der Waals surface area contributed by atoms with Gasteiger partial charge in [0.1, 0.15) is 47.8 Å². The number of carbonyl (C=O) groups excluding carboxylic acids is 2. The Morgan fingerprint density at radius 2 is 1.46 bits per heavy atom. The first-order valence-corrected chi connectivity index (χ1v) is 27.9. The Morgan fingerprint density at radius 3 is 2.15 bits per heavy atom. The van der Waals surface area contributed by atoms with Gasteiger partial charge >= 0.3 is 32.2 Å². The average Bonchev–Trinajstić information content (AvgIpc) is 4.04. The maximum Gasteiger partial charge on any atom is 0.472 e. The van der Waals surface area contributed by atoms with Gasteiger partial charge < -0.3 is 29.6 Å². The topological polar surface area (TPSA) is 336 Å². The van der Waals surface area contributed by atoms with Crippen molar-refractivity contribution in [3.8, 4) is 11.5 Å². The maximum atomic E-state index is 16.5. The molecule has 0 aliphatic carbocycles. The molecule has 0 spiro atoms. The maximum absolute atomic E-state index is 16.5. The van der Waals surface area contributed by atoms with Crippen LogP contribution in [0.2, 0.25) is 0 Å². The van der Waals surface area contributed by atoms with Gasteiger partial charge in [-0.3, -0.25) is 41.8 Å². The highest BCUT2D eigenvalue weighted by Crippen LogP contribution is 2.65. The van der Waals surface area contributed by atoms with E-state index in [1.165, 1.54) is 48.5 Å². The number of nitrogens with one attached hydrogen (secondary N) is 1. The van der Waals surface area contributed by atoms with Gasteiger partial charge in [-0.25, -0.2) is 42.5 Å². The quantitative estimate of drug-likeness (QED) is 0.0138. The Hall–Kier alpha value is -5.89. The van der Waals surface area contributed by atoms with Crippen LogP contribution < -0.4 is 26.5 Å². The average molecular weight is 1090 g/mol. The number of aromatic nitrogens is 6. The highest BCUT2D eigenvalue weighted by atomic mass is 32.7. The number of H-pyrrole nitrogens is 1. The number of imidazole rings is 1.